The van der Waals surface area contributed by atoms with Crippen LogP contribution in [0.2, 0.25) is 0 Å². The zero-order chi connectivity index (χ0) is 77.9. The Bertz CT molecular complexity index is 5230. The molecule has 0 bridgehead atoms. The van der Waals surface area contributed by atoms with E-state index in [-0.39, 0.29) is 73.5 Å². The van der Waals surface area contributed by atoms with Crippen molar-refractivity contribution in [3.8, 4) is 28.8 Å². The van der Waals surface area contributed by atoms with E-state index in [1.165, 1.54) is 93.2 Å². The van der Waals surface area contributed by atoms with Gasteiger partial charge in [0.15, 0.2) is 15.6 Å². The standard InChI is InChI=1S/C23H32N2O4.C18H18N2O5S.C16H17N3O5S.C13H12IN5O6S/c1-7-16-13-15(3)14-17(8-2)18(16)19-20(26)24-9-11-28-12-10-25(24)21(19)29-22(27)23(4,5)6;1-25-16-5-3-2-4-15(16)18(22)20-26(23,24)14-10-6-12(7-11-14)17(21)19-13-8-9-13;1-9-10(15(20)11-8-17-19(2)16(11)21)4-5-13(25(3,22)23)14(9)12-6-7-24-18-12;1-6-15-11(18-13(16-6)25-2)17-12(22)19-26(23,24)9-5-7(14)3-4-8(9)10(20)21/h13-14H,7-12H2,1-6H3;2-7,10-11,13H,8-9H2,1H3,(H,19,21)(H,20,22);4-5,8,17H,6-7H2,1-3H3;3-5H,1-2H3,(H,20,21)(H2,15,16,17,18,19,22). The lowest BCUT2D eigenvalue weighted by Gasteiger charge is -2.19. The summed E-state index contributed by atoms with van der Waals surface area (Å²) in [5.74, 6) is -2.69. The second-order valence-corrected chi connectivity index (χ2v) is 31.7. The first-order valence-electron chi connectivity index (χ1n) is 32.8. The molecule has 0 unspecified atom stereocenters. The lowest BCUT2D eigenvalue weighted by atomic mass is 9.91. The van der Waals surface area contributed by atoms with Crippen LogP contribution in [0.25, 0.3) is 11.1 Å². The number of hydrogen-bond acceptors (Lipinski definition) is 23. The van der Waals surface area contributed by atoms with Gasteiger partial charge < -0.3 is 39.3 Å². The van der Waals surface area contributed by atoms with E-state index in [1.54, 1.807) is 39.2 Å². The van der Waals surface area contributed by atoms with Gasteiger partial charge in [-0.05, 0) is 179 Å². The predicted octanol–water partition coefficient (Wildman–Crippen LogP) is 7.22. The lowest BCUT2D eigenvalue weighted by molar-refractivity contribution is -0.143. The van der Waals surface area contributed by atoms with Crippen LogP contribution < -0.4 is 45.4 Å². The molecule has 0 radical (unpaired) electrons. The van der Waals surface area contributed by atoms with E-state index in [0.717, 1.165) is 60.8 Å². The molecular weight excluding hydrogens is 1550 g/mol. The maximum atomic E-state index is 13.5. The number of ether oxygens (including phenoxy) is 4. The monoisotopic (exact) mass is 1630 g/mol. The molecule has 0 atom stereocenters. The van der Waals surface area contributed by atoms with Crippen LogP contribution in [0.1, 0.15) is 135 Å². The number of methoxy groups -OCH3 is 2. The number of carbonyl (C=O) groups is 6. The molecule has 6 N–H and O–H groups in total. The van der Waals surface area contributed by atoms with E-state index in [4.69, 9.17) is 28.9 Å². The van der Waals surface area contributed by atoms with Gasteiger partial charge in [0, 0.05) is 52.2 Å². The Hall–Kier alpha value is -10.4. The summed E-state index contributed by atoms with van der Waals surface area (Å²) >= 11 is 1.82. The molecule has 1 aliphatic carbocycles. The van der Waals surface area contributed by atoms with Crippen molar-refractivity contribution >= 4 is 99.7 Å². The zero-order valence-electron chi connectivity index (χ0n) is 59.8. The number of halogens is 1. The molecule has 3 aliphatic rings. The third-order valence-electron chi connectivity index (χ3n) is 16.2. The SMILES string of the molecule is CCc1cc(C)cc(CC)c1-c1c(OC(=O)C(C)(C)C)n2n(c1=O)CCOCC2.COc1ccccc1C(=O)NS(=O)(=O)c1ccc(C(=O)NC2CC2)cc1.COc1nc(C)nc(NC(=O)NS(=O)(=O)c2cc(I)ccc2C(=O)O)n1.Cc1c(C(=O)c2c[nH]n(C)c2=O)ccc(S(C)(=O)=O)c1C1=NOCC1. The fourth-order valence-electron chi connectivity index (χ4n) is 10.8. The molecule has 0 saturated heterocycles. The molecule has 5 aromatic carbocycles. The van der Waals surface area contributed by atoms with Gasteiger partial charge in [0.1, 0.15) is 34.2 Å². The average molecular weight is 1630 g/mol. The molecule has 564 valence electrons. The Balaban J connectivity index is 0.000000179. The average Bonchev–Trinajstić information content (AvgIpc) is 1.67. The number of aromatic amines is 1. The third-order valence-corrected chi connectivity index (χ3v) is 20.8. The van der Waals surface area contributed by atoms with Crippen molar-refractivity contribution < 1.29 is 82.9 Å². The van der Waals surface area contributed by atoms with Gasteiger partial charge in [-0.15, -0.1) is 0 Å². The molecule has 106 heavy (non-hydrogen) atoms. The number of H-pyrrole nitrogens is 1. The maximum Gasteiger partial charge on any atom is 0.337 e. The van der Waals surface area contributed by atoms with E-state index in [2.05, 4.69) is 68.7 Å². The number of oxime groups is 1. The number of carboxylic acids is 1. The molecular formula is C70H79IN12O20S3. The highest BCUT2D eigenvalue weighted by Gasteiger charge is 2.34. The van der Waals surface area contributed by atoms with Gasteiger partial charge in [-0.1, -0.05) is 48.8 Å². The van der Waals surface area contributed by atoms with Crippen LogP contribution in [0.5, 0.6) is 17.6 Å². The number of carbonyl (C=O) groups excluding carboxylic acids is 5. The van der Waals surface area contributed by atoms with Crippen molar-refractivity contribution in [2.45, 2.75) is 121 Å². The van der Waals surface area contributed by atoms with Crippen LogP contribution in [-0.2, 0) is 77.2 Å². The minimum absolute atomic E-state index is 0.00623. The first-order valence-corrected chi connectivity index (χ1v) is 38.7. The number of anilines is 1. The molecule has 32 nitrogen and oxygen atoms in total. The minimum Gasteiger partial charge on any atom is -0.496 e. The number of sulfone groups is 1. The normalized spacial score (nSPS) is 13.3. The topological polar surface area (TPSA) is 435 Å². The summed E-state index contributed by atoms with van der Waals surface area (Å²) in [5.41, 5.74) is 5.11. The first kappa shape index (κ1) is 81.2. The summed E-state index contributed by atoms with van der Waals surface area (Å²) in [5, 5.41) is 20.7. The van der Waals surface area contributed by atoms with Gasteiger partial charge in [0.05, 0.1) is 72.6 Å². The number of ketones is 1. The summed E-state index contributed by atoms with van der Waals surface area (Å²) < 4.78 is 104. The number of sulfonamides is 2. The summed E-state index contributed by atoms with van der Waals surface area (Å²) in [7, 11) is -7.83. The minimum atomic E-state index is -4.45. The number of benzene rings is 5. The molecule has 3 aromatic heterocycles. The fourth-order valence-corrected chi connectivity index (χ4v) is 14.6. The number of fused-ring (bicyclic) bond motifs is 1. The number of aryl methyl sites for hydroxylation is 5. The largest absolute Gasteiger partial charge is 0.496 e. The Labute approximate surface area is 623 Å². The number of rotatable bonds is 19. The van der Waals surface area contributed by atoms with Crippen LogP contribution in [0.4, 0.5) is 10.7 Å². The Morgan fingerprint density at radius 1 is 0.708 bits per heavy atom. The zero-order valence-corrected chi connectivity index (χ0v) is 64.4. The van der Waals surface area contributed by atoms with Crippen molar-refractivity contribution in [3.05, 3.63) is 183 Å². The van der Waals surface area contributed by atoms with E-state index < -0.39 is 75.0 Å². The van der Waals surface area contributed by atoms with Crippen LogP contribution in [0, 0.1) is 29.8 Å². The van der Waals surface area contributed by atoms with Gasteiger partial charge in [-0.2, -0.15) is 15.0 Å². The van der Waals surface area contributed by atoms with Gasteiger partial charge in [0.25, 0.3) is 43.0 Å². The molecule has 0 spiro atoms. The number of amides is 4. The van der Waals surface area contributed by atoms with Gasteiger partial charge in [-0.25, -0.2) is 53.7 Å². The van der Waals surface area contributed by atoms with Crippen molar-refractivity contribution in [2.75, 3.05) is 45.6 Å². The highest BCUT2D eigenvalue weighted by molar-refractivity contribution is 14.1. The van der Waals surface area contributed by atoms with Crippen LogP contribution in [-0.4, -0.2) is 152 Å². The number of esters is 1. The van der Waals surface area contributed by atoms with E-state index in [0.29, 0.717) is 76.7 Å². The second-order valence-electron chi connectivity index (χ2n) is 25.1. The molecule has 11 rings (SSSR count). The Morgan fingerprint density at radius 2 is 1.35 bits per heavy atom. The predicted molar refractivity (Wildman–Crippen MR) is 396 cm³/mol. The number of nitrogens with zero attached hydrogens (tertiary/aromatic N) is 7. The molecule has 8 aromatic rings. The molecule has 5 heterocycles. The molecule has 1 fully saturated rings. The Morgan fingerprint density at radius 3 is 1.92 bits per heavy atom. The first-order chi connectivity index (χ1) is 49.9. The fraction of sp³-hybridized carbons (Fsp3) is 0.343. The van der Waals surface area contributed by atoms with Crippen molar-refractivity contribution in [2.24, 2.45) is 17.6 Å². The smallest absolute Gasteiger partial charge is 0.337 e. The van der Waals surface area contributed by atoms with Gasteiger partial charge >= 0.3 is 24.0 Å². The van der Waals surface area contributed by atoms with Crippen LogP contribution >= 0.6 is 22.6 Å². The third kappa shape index (κ3) is 19.7. The summed E-state index contributed by atoms with van der Waals surface area (Å²) in [4.78, 5) is 114. The summed E-state index contributed by atoms with van der Waals surface area (Å²) in [6, 6.07) is 21.5. The van der Waals surface area contributed by atoms with E-state index in [9.17, 15) is 63.6 Å². The highest BCUT2D eigenvalue weighted by Crippen LogP contribution is 2.37. The Kier molecular flexibility index (Phi) is 26.2. The van der Waals surface area contributed by atoms with E-state index in [1.807, 2.05) is 48.1 Å². The quantitative estimate of drug-likeness (QED) is 0.0264. The van der Waals surface area contributed by atoms with Crippen LogP contribution in [0.3, 0.4) is 0 Å². The number of aromatic nitrogens is 7. The number of hydrogen-bond donors (Lipinski definition) is 6. The number of nitrogens with one attached hydrogen (secondary N) is 5. The van der Waals surface area contributed by atoms with Crippen molar-refractivity contribution in [1.29, 1.82) is 0 Å². The maximum absolute atomic E-state index is 13.5. The summed E-state index contributed by atoms with van der Waals surface area (Å²) in [6.07, 6.45) is 6.41. The van der Waals surface area contributed by atoms with Gasteiger partial charge in [-0.3, -0.25) is 38.8 Å². The molecule has 1 saturated carbocycles. The second kappa shape index (κ2) is 34.2. The molecule has 36 heteroatoms. The molecule has 2 aliphatic heterocycles. The number of carboxylic acid groups (broad SMARTS) is 1. The summed E-state index contributed by atoms with van der Waals surface area (Å²) in [6.45, 7) is 17.1. The van der Waals surface area contributed by atoms with Gasteiger partial charge in [0.2, 0.25) is 11.8 Å². The van der Waals surface area contributed by atoms with Crippen molar-refractivity contribution in [1.82, 2.24) is 48.9 Å². The molecule has 4 amide bonds. The number of para-hydroxylation sites is 1. The number of aromatic carboxylic acids is 1. The van der Waals surface area contributed by atoms with Crippen molar-refractivity contribution in [3.63, 3.8) is 0 Å². The highest BCUT2D eigenvalue weighted by atomic mass is 127. The lowest BCUT2D eigenvalue weighted by Crippen LogP contribution is -2.35. The van der Waals surface area contributed by atoms with Crippen LogP contribution in [0.15, 0.2) is 127 Å². The number of urea groups is 1. The van der Waals surface area contributed by atoms with E-state index >= 15 is 0 Å².